The minimum absolute atomic E-state index is 0.128. The van der Waals surface area contributed by atoms with Gasteiger partial charge >= 0.3 is 0 Å². The molecule has 0 fully saturated rings. The maximum atomic E-state index is 13.5. The minimum atomic E-state index is -0.388. The van der Waals surface area contributed by atoms with Crippen LogP contribution in [0, 0.1) is 0 Å². The number of carbonyl (C=O) groups excluding carboxylic acids is 2. The average molecular weight is 536 g/mol. The van der Waals surface area contributed by atoms with Gasteiger partial charge in [-0.1, -0.05) is 29.8 Å². The predicted octanol–water partition coefficient (Wildman–Crippen LogP) is 6.38. The van der Waals surface area contributed by atoms with Crippen molar-refractivity contribution in [2.45, 2.75) is 58.0 Å². The molecule has 3 aliphatic rings. The molecule has 7 heteroatoms. The molecule has 0 aromatic heterocycles. The van der Waals surface area contributed by atoms with Crippen LogP contribution in [-0.4, -0.2) is 43.3 Å². The first kappa shape index (κ1) is 26.5. The first-order valence-corrected chi connectivity index (χ1v) is 13.8. The number of hydrogen-bond acceptors (Lipinski definition) is 6. The standard InChI is InChI=1S/C31H34ClNO5/c1-3-37-28-18-21(13-14-27(28)38-19-20-7-4-8-22(32)17-20)29-30-23(9-5-11-25(30)34)33(15-16-36-2)24-10-6-12-26(35)31(24)29/h4,7-8,13-14,17-18,29H,3,5-6,9-12,15-16,19H2,1-2H3. The zero-order valence-corrected chi connectivity index (χ0v) is 22.8. The van der Waals surface area contributed by atoms with E-state index in [9.17, 15) is 9.59 Å². The van der Waals surface area contributed by atoms with Crippen LogP contribution in [0.25, 0.3) is 0 Å². The second-order valence-corrected chi connectivity index (χ2v) is 10.3. The topological polar surface area (TPSA) is 65.1 Å². The first-order chi connectivity index (χ1) is 18.5. The van der Waals surface area contributed by atoms with Crippen LogP contribution in [0.3, 0.4) is 0 Å². The van der Waals surface area contributed by atoms with E-state index in [4.69, 9.17) is 25.8 Å². The van der Waals surface area contributed by atoms with Crippen LogP contribution in [0.5, 0.6) is 11.5 Å². The molecule has 0 amide bonds. The monoisotopic (exact) mass is 535 g/mol. The van der Waals surface area contributed by atoms with Crippen LogP contribution in [-0.2, 0) is 20.9 Å². The number of nitrogens with zero attached hydrogens (tertiary/aromatic N) is 1. The molecule has 0 N–H and O–H groups in total. The summed E-state index contributed by atoms with van der Waals surface area (Å²) < 4.78 is 17.5. The summed E-state index contributed by atoms with van der Waals surface area (Å²) in [5.41, 5.74) is 5.47. The number of benzene rings is 2. The number of halogens is 1. The SMILES string of the molecule is CCOc1cc(C2C3=C(CCCC3=O)N(CCOC)C3=C2C(=O)CCC3)ccc1OCc1cccc(Cl)c1. The second kappa shape index (κ2) is 11.7. The molecule has 1 heterocycles. The number of carbonyl (C=O) groups is 2. The molecule has 0 saturated heterocycles. The number of hydrogen-bond donors (Lipinski definition) is 0. The van der Waals surface area contributed by atoms with E-state index in [0.717, 1.165) is 59.4 Å². The molecule has 38 heavy (non-hydrogen) atoms. The van der Waals surface area contributed by atoms with E-state index >= 15 is 0 Å². The summed E-state index contributed by atoms with van der Waals surface area (Å²) in [6.45, 7) is 3.92. The zero-order valence-electron chi connectivity index (χ0n) is 22.1. The maximum Gasteiger partial charge on any atom is 0.161 e. The highest BCUT2D eigenvalue weighted by atomic mass is 35.5. The lowest BCUT2D eigenvalue weighted by atomic mass is 9.71. The van der Waals surface area contributed by atoms with Crippen LogP contribution >= 0.6 is 11.6 Å². The van der Waals surface area contributed by atoms with E-state index in [1.165, 1.54) is 0 Å². The fourth-order valence-electron chi connectivity index (χ4n) is 5.88. The molecule has 1 aliphatic heterocycles. The zero-order chi connectivity index (χ0) is 26.6. The average Bonchev–Trinajstić information content (AvgIpc) is 2.91. The van der Waals surface area contributed by atoms with Gasteiger partial charge in [0.15, 0.2) is 23.1 Å². The summed E-state index contributed by atoms with van der Waals surface area (Å²) in [5, 5.41) is 0.658. The number of Topliss-reactive ketones (excluding diaryl/α,β-unsaturated/α-hetero) is 2. The Morgan fingerprint density at radius 2 is 1.61 bits per heavy atom. The van der Waals surface area contributed by atoms with E-state index in [2.05, 4.69) is 4.90 Å². The molecule has 5 rings (SSSR count). The van der Waals surface area contributed by atoms with Crippen molar-refractivity contribution in [3.63, 3.8) is 0 Å². The maximum absolute atomic E-state index is 13.5. The third-order valence-corrected chi connectivity index (χ3v) is 7.72. The molecule has 0 bridgehead atoms. The second-order valence-electron chi connectivity index (χ2n) is 9.91. The molecule has 2 aromatic rings. The minimum Gasteiger partial charge on any atom is -0.490 e. The Morgan fingerprint density at radius 1 is 0.895 bits per heavy atom. The molecule has 0 radical (unpaired) electrons. The van der Waals surface area contributed by atoms with Crippen molar-refractivity contribution in [2.24, 2.45) is 0 Å². The van der Waals surface area contributed by atoms with Gasteiger partial charge in [-0.15, -0.1) is 0 Å². The summed E-state index contributed by atoms with van der Waals surface area (Å²) in [5.74, 6) is 1.08. The third-order valence-electron chi connectivity index (χ3n) is 7.49. The molecular weight excluding hydrogens is 502 g/mol. The molecule has 2 aliphatic carbocycles. The summed E-state index contributed by atoms with van der Waals surface area (Å²) >= 11 is 6.13. The van der Waals surface area contributed by atoms with Crippen molar-refractivity contribution in [1.29, 1.82) is 0 Å². The lowest BCUT2D eigenvalue weighted by Crippen LogP contribution is -2.40. The largest absolute Gasteiger partial charge is 0.490 e. The quantitative estimate of drug-likeness (QED) is 0.371. The van der Waals surface area contributed by atoms with E-state index in [0.29, 0.717) is 55.7 Å². The van der Waals surface area contributed by atoms with Gasteiger partial charge in [0, 0.05) is 60.0 Å². The molecule has 2 aromatic carbocycles. The molecule has 200 valence electrons. The van der Waals surface area contributed by atoms with Gasteiger partial charge in [-0.25, -0.2) is 0 Å². The number of ketones is 2. The Bertz CT molecular complexity index is 1250. The molecule has 6 nitrogen and oxygen atoms in total. The Hall–Kier alpha value is -3.09. The molecule has 0 unspecified atom stereocenters. The predicted molar refractivity (Wildman–Crippen MR) is 146 cm³/mol. The molecular formula is C31H34ClNO5. The fraction of sp³-hybridized carbons (Fsp3) is 0.419. The number of methoxy groups -OCH3 is 1. The lowest BCUT2D eigenvalue weighted by molar-refractivity contribution is -0.117. The molecule has 0 atom stereocenters. The summed E-state index contributed by atoms with van der Waals surface area (Å²) in [6, 6.07) is 13.4. The third kappa shape index (κ3) is 5.25. The van der Waals surface area contributed by atoms with Crippen molar-refractivity contribution < 1.29 is 23.8 Å². The van der Waals surface area contributed by atoms with Crippen LogP contribution in [0.4, 0.5) is 0 Å². The van der Waals surface area contributed by atoms with E-state index in [1.807, 2.05) is 49.4 Å². The van der Waals surface area contributed by atoms with Gasteiger partial charge in [0.2, 0.25) is 0 Å². The molecule has 0 saturated carbocycles. The summed E-state index contributed by atoms with van der Waals surface area (Å²) in [7, 11) is 1.68. The molecule has 0 spiro atoms. The Kier molecular flexibility index (Phi) is 8.20. The van der Waals surface area contributed by atoms with Crippen molar-refractivity contribution in [1.82, 2.24) is 4.90 Å². The van der Waals surface area contributed by atoms with Gasteiger partial charge in [0.1, 0.15) is 6.61 Å². The first-order valence-electron chi connectivity index (χ1n) is 13.4. The van der Waals surface area contributed by atoms with Crippen LogP contribution in [0.15, 0.2) is 65.0 Å². The Morgan fingerprint density at radius 3 is 2.24 bits per heavy atom. The van der Waals surface area contributed by atoms with Gasteiger partial charge in [-0.05, 0) is 68.0 Å². The normalized spacial score (nSPS) is 18.0. The van der Waals surface area contributed by atoms with Gasteiger partial charge in [0.25, 0.3) is 0 Å². The lowest BCUT2D eigenvalue weighted by Gasteiger charge is -2.44. The Balaban J connectivity index is 1.56. The van der Waals surface area contributed by atoms with Gasteiger partial charge in [-0.3, -0.25) is 9.59 Å². The van der Waals surface area contributed by atoms with Crippen molar-refractivity contribution in [2.75, 3.05) is 26.9 Å². The Labute approximate surface area is 229 Å². The van der Waals surface area contributed by atoms with Crippen LogP contribution in [0.1, 0.15) is 62.5 Å². The van der Waals surface area contributed by atoms with Crippen molar-refractivity contribution >= 4 is 23.2 Å². The fourth-order valence-corrected chi connectivity index (χ4v) is 6.09. The van der Waals surface area contributed by atoms with E-state index in [-0.39, 0.29) is 17.5 Å². The number of allylic oxidation sites excluding steroid dienone is 4. The van der Waals surface area contributed by atoms with Crippen LogP contribution in [0.2, 0.25) is 5.02 Å². The summed E-state index contributed by atoms with van der Waals surface area (Å²) in [4.78, 5) is 29.1. The number of rotatable bonds is 9. The highest BCUT2D eigenvalue weighted by Crippen LogP contribution is 2.50. The highest BCUT2D eigenvalue weighted by molar-refractivity contribution is 6.30. The van der Waals surface area contributed by atoms with Crippen molar-refractivity contribution in [3.05, 3.63) is 81.2 Å². The number of ether oxygens (including phenoxy) is 3. The van der Waals surface area contributed by atoms with Gasteiger partial charge in [0.05, 0.1) is 13.2 Å². The smallest absolute Gasteiger partial charge is 0.161 e. The summed E-state index contributed by atoms with van der Waals surface area (Å²) in [6.07, 6.45) is 4.30. The highest BCUT2D eigenvalue weighted by Gasteiger charge is 2.43. The van der Waals surface area contributed by atoms with Crippen LogP contribution < -0.4 is 9.47 Å². The van der Waals surface area contributed by atoms with E-state index in [1.54, 1.807) is 7.11 Å². The van der Waals surface area contributed by atoms with Crippen molar-refractivity contribution in [3.8, 4) is 11.5 Å². The van der Waals surface area contributed by atoms with Gasteiger partial charge < -0.3 is 19.1 Å². The van der Waals surface area contributed by atoms with E-state index < -0.39 is 0 Å². The van der Waals surface area contributed by atoms with Gasteiger partial charge in [-0.2, -0.15) is 0 Å².